The second-order valence-corrected chi connectivity index (χ2v) is 5.10. The number of carbonyl (C=O) groups is 1. The molecule has 3 atom stereocenters. The highest BCUT2D eigenvalue weighted by atomic mass is 16.7. The van der Waals surface area contributed by atoms with Crippen molar-refractivity contribution in [1.29, 1.82) is 0 Å². The molecule has 1 saturated heterocycles. The van der Waals surface area contributed by atoms with E-state index in [9.17, 15) is 4.79 Å². The Bertz CT molecular complexity index is 419. The summed E-state index contributed by atoms with van der Waals surface area (Å²) >= 11 is 0. The van der Waals surface area contributed by atoms with E-state index in [0.717, 1.165) is 12.0 Å². The first-order chi connectivity index (χ1) is 9.09. The summed E-state index contributed by atoms with van der Waals surface area (Å²) in [5, 5.41) is 0. The lowest BCUT2D eigenvalue weighted by molar-refractivity contribution is -0.228. The van der Waals surface area contributed by atoms with Crippen LogP contribution in [-0.2, 0) is 14.3 Å². The minimum absolute atomic E-state index is 0.0890. The van der Waals surface area contributed by atoms with E-state index in [2.05, 4.69) is 0 Å². The predicted octanol–water partition coefficient (Wildman–Crippen LogP) is 2.21. The molecule has 2 rings (SSSR count). The van der Waals surface area contributed by atoms with Crippen LogP contribution in [0.3, 0.4) is 0 Å². The molecule has 0 saturated carbocycles. The molecule has 0 aromatic heterocycles. The van der Waals surface area contributed by atoms with Gasteiger partial charge in [-0.25, -0.2) is 0 Å². The molecule has 19 heavy (non-hydrogen) atoms. The van der Waals surface area contributed by atoms with Crippen LogP contribution in [0.4, 0.5) is 0 Å². The fourth-order valence-corrected chi connectivity index (χ4v) is 2.28. The third-order valence-corrected chi connectivity index (χ3v) is 3.43. The maximum Gasteiger partial charge on any atom is 0.227 e. The molecular formula is C15H21NO3. The number of benzene rings is 1. The van der Waals surface area contributed by atoms with E-state index in [-0.39, 0.29) is 24.2 Å². The van der Waals surface area contributed by atoms with Gasteiger partial charge >= 0.3 is 0 Å². The summed E-state index contributed by atoms with van der Waals surface area (Å²) in [5.41, 5.74) is 0.997. The van der Waals surface area contributed by atoms with E-state index in [4.69, 9.17) is 9.47 Å². The fourth-order valence-electron chi connectivity index (χ4n) is 2.28. The van der Waals surface area contributed by atoms with Crippen LogP contribution >= 0.6 is 0 Å². The Kier molecular flexibility index (Phi) is 4.56. The lowest BCUT2D eigenvalue weighted by Crippen LogP contribution is -2.40. The lowest BCUT2D eigenvalue weighted by atomic mass is 9.99. The molecule has 0 spiro atoms. The van der Waals surface area contributed by atoms with Crippen LogP contribution in [0.15, 0.2) is 30.3 Å². The van der Waals surface area contributed by atoms with Crippen molar-refractivity contribution < 1.29 is 14.3 Å². The third kappa shape index (κ3) is 3.33. The van der Waals surface area contributed by atoms with Gasteiger partial charge in [0.2, 0.25) is 5.91 Å². The smallest absolute Gasteiger partial charge is 0.227 e. The molecule has 0 bridgehead atoms. The van der Waals surface area contributed by atoms with Crippen LogP contribution in [0.2, 0.25) is 0 Å². The van der Waals surface area contributed by atoms with Gasteiger partial charge in [-0.2, -0.15) is 0 Å². The maximum absolute atomic E-state index is 12.0. The van der Waals surface area contributed by atoms with Crippen molar-refractivity contribution in [1.82, 2.24) is 4.90 Å². The summed E-state index contributed by atoms with van der Waals surface area (Å²) in [6.45, 7) is 2.54. The molecule has 1 heterocycles. The molecule has 1 aromatic carbocycles. The Labute approximate surface area is 114 Å². The summed E-state index contributed by atoms with van der Waals surface area (Å²) in [7, 11) is 3.54. The number of hydrogen-bond donors (Lipinski definition) is 0. The molecule has 1 aliphatic heterocycles. The number of hydrogen-bond acceptors (Lipinski definition) is 3. The van der Waals surface area contributed by atoms with Crippen molar-refractivity contribution in [2.45, 2.75) is 25.7 Å². The van der Waals surface area contributed by atoms with Gasteiger partial charge in [0.1, 0.15) is 0 Å². The van der Waals surface area contributed by atoms with Crippen LogP contribution in [0.1, 0.15) is 25.2 Å². The average Bonchev–Trinajstić information content (AvgIpc) is 2.46. The third-order valence-electron chi connectivity index (χ3n) is 3.43. The number of rotatable bonds is 3. The van der Waals surface area contributed by atoms with E-state index in [1.165, 1.54) is 0 Å². The largest absolute Gasteiger partial charge is 0.349 e. The first-order valence-electron chi connectivity index (χ1n) is 6.62. The van der Waals surface area contributed by atoms with Crippen molar-refractivity contribution in [3.63, 3.8) is 0 Å². The van der Waals surface area contributed by atoms with Gasteiger partial charge in [0.05, 0.1) is 18.6 Å². The summed E-state index contributed by atoms with van der Waals surface area (Å²) in [6, 6.07) is 9.83. The minimum Gasteiger partial charge on any atom is -0.349 e. The van der Waals surface area contributed by atoms with Gasteiger partial charge < -0.3 is 14.4 Å². The van der Waals surface area contributed by atoms with Crippen LogP contribution in [0.5, 0.6) is 0 Å². The second kappa shape index (κ2) is 6.17. The molecule has 1 amide bonds. The van der Waals surface area contributed by atoms with Crippen LogP contribution < -0.4 is 0 Å². The zero-order chi connectivity index (χ0) is 13.8. The Morgan fingerprint density at radius 2 is 2.00 bits per heavy atom. The Morgan fingerprint density at radius 3 is 2.63 bits per heavy atom. The first kappa shape index (κ1) is 14.0. The van der Waals surface area contributed by atoms with Gasteiger partial charge in [0, 0.05) is 19.7 Å². The summed E-state index contributed by atoms with van der Waals surface area (Å²) in [4.78, 5) is 13.6. The standard InChI is InChI=1S/C15H21NO3/c1-11(14(17)16(2)3)13-9-10-18-15(19-13)12-7-5-4-6-8-12/h4-8,11,13,15H,9-10H2,1-3H3. The van der Waals surface area contributed by atoms with E-state index in [1.807, 2.05) is 37.3 Å². The highest BCUT2D eigenvalue weighted by Crippen LogP contribution is 2.29. The topological polar surface area (TPSA) is 38.8 Å². The van der Waals surface area contributed by atoms with Gasteiger partial charge in [-0.05, 0) is 6.42 Å². The van der Waals surface area contributed by atoms with Gasteiger partial charge in [0.15, 0.2) is 6.29 Å². The number of nitrogens with zero attached hydrogens (tertiary/aromatic N) is 1. The van der Waals surface area contributed by atoms with E-state index >= 15 is 0 Å². The van der Waals surface area contributed by atoms with E-state index < -0.39 is 0 Å². The number of amides is 1. The highest BCUT2D eigenvalue weighted by Gasteiger charge is 2.32. The molecule has 104 valence electrons. The minimum atomic E-state index is -0.364. The molecule has 3 unspecified atom stereocenters. The van der Waals surface area contributed by atoms with E-state index in [0.29, 0.717) is 6.61 Å². The average molecular weight is 263 g/mol. The molecule has 1 fully saturated rings. The highest BCUT2D eigenvalue weighted by molar-refractivity contribution is 5.78. The van der Waals surface area contributed by atoms with Crippen molar-refractivity contribution in [2.75, 3.05) is 20.7 Å². The normalized spacial score (nSPS) is 24.8. The summed E-state index contributed by atoms with van der Waals surface area (Å²) in [5.74, 6) is -0.0520. The molecule has 4 heteroatoms. The van der Waals surface area contributed by atoms with Gasteiger partial charge in [-0.3, -0.25) is 4.79 Å². The fraction of sp³-hybridized carbons (Fsp3) is 0.533. The number of ether oxygens (including phenoxy) is 2. The van der Waals surface area contributed by atoms with Gasteiger partial charge in [-0.1, -0.05) is 37.3 Å². The number of carbonyl (C=O) groups excluding carboxylic acids is 1. The SMILES string of the molecule is CC(C(=O)N(C)C)C1CCOC(c2ccccc2)O1. The Morgan fingerprint density at radius 1 is 1.32 bits per heavy atom. The first-order valence-corrected chi connectivity index (χ1v) is 6.62. The van der Waals surface area contributed by atoms with Crippen molar-refractivity contribution in [3.8, 4) is 0 Å². The summed E-state index contributed by atoms with van der Waals surface area (Å²) in [6.07, 6.45) is 0.301. The van der Waals surface area contributed by atoms with E-state index in [1.54, 1.807) is 19.0 Å². The van der Waals surface area contributed by atoms with Gasteiger partial charge in [-0.15, -0.1) is 0 Å². The quantitative estimate of drug-likeness (QED) is 0.839. The van der Waals surface area contributed by atoms with Crippen LogP contribution in [0.25, 0.3) is 0 Å². The summed E-state index contributed by atoms with van der Waals surface area (Å²) < 4.78 is 11.6. The lowest BCUT2D eigenvalue weighted by Gasteiger charge is -2.34. The Balaban J connectivity index is 2.03. The molecule has 4 nitrogen and oxygen atoms in total. The predicted molar refractivity (Wildman–Crippen MR) is 72.5 cm³/mol. The van der Waals surface area contributed by atoms with Crippen molar-refractivity contribution >= 4 is 5.91 Å². The molecular weight excluding hydrogens is 242 g/mol. The van der Waals surface area contributed by atoms with Gasteiger partial charge in [0.25, 0.3) is 0 Å². The second-order valence-electron chi connectivity index (χ2n) is 5.10. The van der Waals surface area contributed by atoms with Crippen LogP contribution in [-0.4, -0.2) is 37.6 Å². The molecule has 1 aliphatic rings. The zero-order valence-electron chi connectivity index (χ0n) is 11.7. The molecule has 0 aliphatic carbocycles. The Hall–Kier alpha value is -1.39. The molecule has 1 aromatic rings. The van der Waals surface area contributed by atoms with Crippen molar-refractivity contribution in [2.24, 2.45) is 5.92 Å². The molecule has 0 N–H and O–H groups in total. The van der Waals surface area contributed by atoms with Crippen molar-refractivity contribution in [3.05, 3.63) is 35.9 Å². The molecule has 0 radical (unpaired) electrons. The maximum atomic E-state index is 12.0. The zero-order valence-corrected chi connectivity index (χ0v) is 11.7. The monoisotopic (exact) mass is 263 g/mol. The van der Waals surface area contributed by atoms with Crippen LogP contribution in [0, 0.1) is 5.92 Å².